The standard InChI is InChI=1S/C13H11N5O2S/c1-2-9(4-14-3-1)11-6-16-13-18(11)17-12(21-13)15-5-10-7-19-8-20-10/h1-4,6-7H,5,8H2,(H,15,17). The highest BCUT2D eigenvalue weighted by molar-refractivity contribution is 7.20. The second-order valence-corrected chi connectivity index (χ2v) is 5.31. The van der Waals surface area contributed by atoms with Gasteiger partial charge in [-0.2, -0.15) is 0 Å². The van der Waals surface area contributed by atoms with Crippen molar-refractivity contribution in [3.63, 3.8) is 0 Å². The molecule has 0 fully saturated rings. The summed E-state index contributed by atoms with van der Waals surface area (Å²) in [6.07, 6.45) is 6.94. The monoisotopic (exact) mass is 301 g/mol. The van der Waals surface area contributed by atoms with E-state index in [0.29, 0.717) is 6.54 Å². The van der Waals surface area contributed by atoms with E-state index in [1.165, 1.54) is 11.3 Å². The van der Waals surface area contributed by atoms with Gasteiger partial charge in [0.25, 0.3) is 0 Å². The number of anilines is 1. The van der Waals surface area contributed by atoms with Gasteiger partial charge < -0.3 is 14.8 Å². The number of nitrogens with zero attached hydrogens (tertiary/aromatic N) is 4. The summed E-state index contributed by atoms with van der Waals surface area (Å²) < 4.78 is 12.1. The maximum Gasteiger partial charge on any atom is 0.229 e. The minimum atomic E-state index is 0.281. The molecular formula is C13H11N5O2S. The van der Waals surface area contributed by atoms with Crippen LogP contribution in [0.3, 0.4) is 0 Å². The van der Waals surface area contributed by atoms with Crippen LogP contribution in [0.15, 0.2) is 42.7 Å². The number of hydrogen-bond donors (Lipinski definition) is 1. The fourth-order valence-corrected chi connectivity index (χ4v) is 2.77. The fraction of sp³-hybridized carbons (Fsp3) is 0.154. The van der Waals surface area contributed by atoms with Crippen LogP contribution in [-0.4, -0.2) is 32.9 Å². The lowest BCUT2D eigenvalue weighted by Crippen LogP contribution is -2.05. The second-order valence-electron chi connectivity index (χ2n) is 4.35. The average molecular weight is 301 g/mol. The summed E-state index contributed by atoms with van der Waals surface area (Å²) in [5, 5.41) is 8.50. The van der Waals surface area contributed by atoms with Gasteiger partial charge in [0.15, 0.2) is 5.76 Å². The predicted molar refractivity (Wildman–Crippen MR) is 77.7 cm³/mol. The number of fused-ring (bicyclic) bond motifs is 1. The second kappa shape index (κ2) is 5.06. The van der Waals surface area contributed by atoms with Crippen LogP contribution in [0, 0.1) is 0 Å². The third-order valence-corrected chi connectivity index (χ3v) is 3.86. The molecule has 0 amide bonds. The first-order valence-electron chi connectivity index (χ1n) is 6.32. The highest BCUT2D eigenvalue weighted by atomic mass is 32.1. The molecule has 0 saturated carbocycles. The largest absolute Gasteiger partial charge is 0.462 e. The van der Waals surface area contributed by atoms with Gasteiger partial charge in [-0.3, -0.25) is 4.98 Å². The molecule has 21 heavy (non-hydrogen) atoms. The highest BCUT2D eigenvalue weighted by Crippen LogP contribution is 2.25. The topological polar surface area (TPSA) is 73.6 Å². The van der Waals surface area contributed by atoms with E-state index >= 15 is 0 Å². The van der Waals surface area contributed by atoms with Gasteiger partial charge in [-0.15, -0.1) is 5.10 Å². The minimum Gasteiger partial charge on any atom is -0.462 e. The molecule has 1 aliphatic heterocycles. The molecule has 1 aliphatic rings. The van der Waals surface area contributed by atoms with E-state index < -0.39 is 0 Å². The number of rotatable bonds is 4. The Labute approximate surface area is 123 Å². The number of hydrogen-bond acceptors (Lipinski definition) is 7. The van der Waals surface area contributed by atoms with Gasteiger partial charge in [-0.05, 0) is 12.1 Å². The summed E-state index contributed by atoms with van der Waals surface area (Å²) in [6, 6.07) is 3.88. The molecule has 0 unspecified atom stereocenters. The van der Waals surface area contributed by atoms with Gasteiger partial charge in [-0.1, -0.05) is 11.3 Å². The highest BCUT2D eigenvalue weighted by Gasteiger charge is 2.12. The van der Waals surface area contributed by atoms with Crippen molar-refractivity contribution in [1.82, 2.24) is 19.6 Å². The predicted octanol–water partition coefficient (Wildman–Crippen LogP) is 2.11. The van der Waals surface area contributed by atoms with Gasteiger partial charge in [0.2, 0.25) is 16.9 Å². The zero-order valence-electron chi connectivity index (χ0n) is 10.9. The Balaban J connectivity index is 1.60. The number of ether oxygens (including phenoxy) is 2. The summed E-state index contributed by atoms with van der Waals surface area (Å²) in [5.74, 6) is 0.760. The molecule has 1 N–H and O–H groups in total. The molecule has 0 aromatic carbocycles. The SMILES string of the molecule is C1=C(CNc2nn3c(-c4cccnc4)cnc3s2)OCO1. The Hall–Kier alpha value is -2.61. The van der Waals surface area contributed by atoms with Gasteiger partial charge in [0, 0.05) is 18.0 Å². The molecule has 4 heterocycles. The third-order valence-electron chi connectivity index (χ3n) is 2.98. The normalized spacial score (nSPS) is 13.8. The van der Waals surface area contributed by atoms with Gasteiger partial charge in [0.05, 0.1) is 18.4 Å². The van der Waals surface area contributed by atoms with Crippen LogP contribution < -0.4 is 5.32 Å². The first-order chi connectivity index (χ1) is 10.4. The zero-order valence-corrected chi connectivity index (χ0v) is 11.7. The van der Waals surface area contributed by atoms with Gasteiger partial charge in [0.1, 0.15) is 6.26 Å². The molecule has 7 nitrogen and oxygen atoms in total. The molecular weight excluding hydrogens is 290 g/mol. The molecule has 0 atom stereocenters. The Bertz CT molecular complexity index is 795. The summed E-state index contributed by atoms with van der Waals surface area (Å²) in [7, 11) is 0. The Morgan fingerprint density at radius 1 is 1.38 bits per heavy atom. The summed E-state index contributed by atoms with van der Waals surface area (Å²) >= 11 is 1.48. The van der Waals surface area contributed by atoms with E-state index in [1.54, 1.807) is 24.9 Å². The number of aromatic nitrogens is 4. The summed E-state index contributed by atoms with van der Waals surface area (Å²) in [4.78, 5) is 9.33. The molecule has 0 saturated heterocycles. The van der Waals surface area contributed by atoms with Crippen LogP contribution in [0.4, 0.5) is 5.13 Å². The first-order valence-corrected chi connectivity index (χ1v) is 7.14. The number of pyridine rings is 1. The van der Waals surface area contributed by atoms with E-state index in [9.17, 15) is 0 Å². The molecule has 4 rings (SSSR count). The van der Waals surface area contributed by atoms with Crippen molar-refractivity contribution in [2.75, 3.05) is 18.7 Å². The van der Waals surface area contributed by atoms with Crippen molar-refractivity contribution in [3.8, 4) is 11.3 Å². The smallest absolute Gasteiger partial charge is 0.229 e. The van der Waals surface area contributed by atoms with Crippen LogP contribution in [0.2, 0.25) is 0 Å². The molecule has 0 bridgehead atoms. The molecule has 0 aliphatic carbocycles. The molecule has 3 aromatic heterocycles. The maximum atomic E-state index is 5.25. The third kappa shape index (κ3) is 2.29. The van der Waals surface area contributed by atoms with Crippen LogP contribution in [0.5, 0.6) is 0 Å². The Kier molecular flexibility index (Phi) is 2.93. The number of nitrogens with one attached hydrogen (secondary N) is 1. The summed E-state index contributed by atoms with van der Waals surface area (Å²) in [6.45, 7) is 0.822. The van der Waals surface area contributed by atoms with E-state index in [2.05, 4.69) is 20.4 Å². The lowest BCUT2D eigenvalue weighted by Gasteiger charge is -2.01. The van der Waals surface area contributed by atoms with Crippen molar-refractivity contribution >= 4 is 21.4 Å². The molecule has 106 valence electrons. The van der Waals surface area contributed by atoms with Crippen molar-refractivity contribution in [2.45, 2.75) is 0 Å². The van der Waals surface area contributed by atoms with Crippen molar-refractivity contribution < 1.29 is 9.47 Å². The number of imidazole rings is 1. The molecule has 3 aromatic rings. The van der Waals surface area contributed by atoms with Gasteiger partial charge >= 0.3 is 0 Å². The van der Waals surface area contributed by atoms with E-state index in [0.717, 1.165) is 27.1 Å². The quantitative estimate of drug-likeness (QED) is 0.795. The van der Waals surface area contributed by atoms with E-state index in [1.807, 2.05) is 16.6 Å². The lowest BCUT2D eigenvalue weighted by molar-refractivity contribution is 0.0805. The van der Waals surface area contributed by atoms with E-state index in [4.69, 9.17) is 9.47 Å². The molecule has 8 heteroatoms. The Morgan fingerprint density at radius 2 is 2.38 bits per heavy atom. The Morgan fingerprint density at radius 3 is 3.19 bits per heavy atom. The van der Waals surface area contributed by atoms with E-state index in [-0.39, 0.29) is 6.79 Å². The van der Waals surface area contributed by atoms with Crippen LogP contribution in [0.25, 0.3) is 16.2 Å². The minimum absolute atomic E-state index is 0.281. The van der Waals surface area contributed by atoms with Crippen molar-refractivity contribution in [2.24, 2.45) is 0 Å². The van der Waals surface area contributed by atoms with Crippen molar-refractivity contribution in [1.29, 1.82) is 0 Å². The van der Waals surface area contributed by atoms with Crippen molar-refractivity contribution in [3.05, 3.63) is 42.7 Å². The maximum absolute atomic E-state index is 5.25. The molecule has 0 radical (unpaired) electrons. The zero-order chi connectivity index (χ0) is 14.1. The molecule has 0 spiro atoms. The first kappa shape index (κ1) is 12.2. The van der Waals surface area contributed by atoms with Gasteiger partial charge in [-0.25, -0.2) is 9.50 Å². The lowest BCUT2D eigenvalue weighted by atomic mass is 10.2. The van der Waals surface area contributed by atoms with Crippen LogP contribution in [0.1, 0.15) is 0 Å². The fourth-order valence-electron chi connectivity index (χ4n) is 2.00. The average Bonchev–Trinajstić information content (AvgIpc) is 3.22. The summed E-state index contributed by atoms with van der Waals surface area (Å²) in [5.41, 5.74) is 1.90. The van der Waals surface area contributed by atoms with Crippen LogP contribution >= 0.6 is 11.3 Å². The van der Waals surface area contributed by atoms with Crippen LogP contribution in [-0.2, 0) is 9.47 Å².